The van der Waals surface area contributed by atoms with E-state index in [4.69, 9.17) is 11.6 Å². The molecule has 0 amide bonds. The number of hydrogen-bond acceptors (Lipinski definition) is 4. The van der Waals surface area contributed by atoms with Crippen molar-refractivity contribution < 1.29 is 4.79 Å². The van der Waals surface area contributed by atoms with E-state index in [0.29, 0.717) is 28.0 Å². The van der Waals surface area contributed by atoms with E-state index in [2.05, 4.69) is 10.1 Å². The van der Waals surface area contributed by atoms with Gasteiger partial charge in [-0.15, -0.1) is 11.3 Å². The fraction of sp³-hybridized carbons (Fsp3) is 0.222. The van der Waals surface area contributed by atoms with E-state index in [0.717, 1.165) is 6.29 Å². The quantitative estimate of drug-likeness (QED) is 0.775. The molecule has 0 aromatic carbocycles. The van der Waals surface area contributed by atoms with Crippen LogP contribution in [0.5, 0.6) is 0 Å². The van der Waals surface area contributed by atoms with Crippen molar-refractivity contribution in [3.05, 3.63) is 28.0 Å². The highest BCUT2D eigenvalue weighted by Gasteiger charge is 2.16. The zero-order valence-electron chi connectivity index (χ0n) is 7.98. The van der Waals surface area contributed by atoms with Gasteiger partial charge in [0, 0.05) is 11.6 Å². The summed E-state index contributed by atoms with van der Waals surface area (Å²) in [5.74, 6) is 0. The maximum absolute atomic E-state index is 10.8. The van der Waals surface area contributed by atoms with Crippen LogP contribution in [-0.2, 0) is 6.42 Å². The number of carbonyl (C=O) groups is 1. The van der Waals surface area contributed by atoms with Crippen molar-refractivity contribution in [1.29, 1.82) is 0 Å². The summed E-state index contributed by atoms with van der Waals surface area (Å²) in [7, 11) is 0. The van der Waals surface area contributed by atoms with Crippen LogP contribution >= 0.6 is 22.9 Å². The van der Waals surface area contributed by atoms with Crippen molar-refractivity contribution in [1.82, 2.24) is 14.8 Å². The SMILES string of the molecule is CCc1nn(-c2nccs2)c(Cl)c1C=O. The molecular weight excluding hydrogens is 234 g/mol. The Hall–Kier alpha value is -1.20. The summed E-state index contributed by atoms with van der Waals surface area (Å²) in [5, 5.41) is 7.08. The molecule has 0 N–H and O–H groups in total. The van der Waals surface area contributed by atoms with E-state index in [-0.39, 0.29) is 0 Å². The van der Waals surface area contributed by atoms with Gasteiger partial charge in [0.2, 0.25) is 5.13 Å². The van der Waals surface area contributed by atoms with Gasteiger partial charge in [0.05, 0.1) is 11.3 Å². The van der Waals surface area contributed by atoms with Gasteiger partial charge in [0.1, 0.15) is 5.15 Å². The van der Waals surface area contributed by atoms with Gasteiger partial charge in [-0.25, -0.2) is 4.98 Å². The Balaban J connectivity index is 2.59. The van der Waals surface area contributed by atoms with Crippen LogP contribution in [0, 0.1) is 0 Å². The van der Waals surface area contributed by atoms with Crippen molar-refractivity contribution in [3.63, 3.8) is 0 Å². The first-order valence-corrected chi connectivity index (χ1v) is 5.66. The Labute approximate surface area is 95.5 Å². The predicted molar refractivity (Wildman–Crippen MR) is 59.0 cm³/mol. The van der Waals surface area contributed by atoms with Crippen molar-refractivity contribution in [2.75, 3.05) is 0 Å². The zero-order valence-corrected chi connectivity index (χ0v) is 9.55. The largest absolute Gasteiger partial charge is 0.298 e. The molecule has 15 heavy (non-hydrogen) atoms. The molecule has 6 heteroatoms. The molecule has 0 unspecified atom stereocenters. The number of hydrogen-bond donors (Lipinski definition) is 0. The lowest BCUT2D eigenvalue weighted by Gasteiger charge is -1.95. The molecule has 4 nitrogen and oxygen atoms in total. The van der Waals surface area contributed by atoms with Gasteiger partial charge in [0.15, 0.2) is 6.29 Å². The Bertz CT molecular complexity index is 478. The minimum absolute atomic E-state index is 0.330. The molecule has 0 atom stereocenters. The first-order chi connectivity index (χ1) is 7.27. The van der Waals surface area contributed by atoms with Crippen LogP contribution in [0.15, 0.2) is 11.6 Å². The van der Waals surface area contributed by atoms with E-state index in [1.54, 1.807) is 6.20 Å². The third-order valence-electron chi connectivity index (χ3n) is 1.99. The number of aldehydes is 1. The van der Waals surface area contributed by atoms with Crippen LogP contribution in [0.4, 0.5) is 0 Å². The highest BCUT2D eigenvalue weighted by molar-refractivity contribution is 7.12. The fourth-order valence-corrected chi connectivity index (χ4v) is 2.20. The molecule has 2 aromatic rings. The van der Waals surface area contributed by atoms with E-state index >= 15 is 0 Å². The Morgan fingerprint density at radius 1 is 1.67 bits per heavy atom. The summed E-state index contributed by atoms with van der Waals surface area (Å²) >= 11 is 7.46. The zero-order chi connectivity index (χ0) is 10.8. The second-order valence-electron chi connectivity index (χ2n) is 2.85. The summed E-state index contributed by atoms with van der Waals surface area (Å²) in [5.41, 5.74) is 1.15. The first kappa shape index (κ1) is 10.3. The molecule has 0 saturated heterocycles. The lowest BCUT2D eigenvalue weighted by molar-refractivity contribution is 0.112. The first-order valence-electron chi connectivity index (χ1n) is 4.40. The highest BCUT2D eigenvalue weighted by Crippen LogP contribution is 2.23. The maximum Gasteiger partial charge on any atom is 0.211 e. The molecule has 0 bridgehead atoms. The average Bonchev–Trinajstić information content (AvgIpc) is 2.84. The van der Waals surface area contributed by atoms with Gasteiger partial charge in [-0.3, -0.25) is 4.79 Å². The molecular formula is C9H8ClN3OS. The molecule has 2 aromatic heterocycles. The number of aryl methyl sites for hydroxylation is 1. The Morgan fingerprint density at radius 2 is 2.47 bits per heavy atom. The second kappa shape index (κ2) is 4.12. The third kappa shape index (κ3) is 1.68. The van der Waals surface area contributed by atoms with Crippen molar-refractivity contribution in [2.24, 2.45) is 0 Å². The molecule has 0 saturated carbocycles. The number of nitrogens with zero attached hydrogens (tertiary/aromatic N) is 3. The van der Waals surface area contributed by atoms with Crippen LogP contribution in [0.2, 0.25) is 5.15 Å². The van der Waals surface area contributed by atoms with Crippen LogP contribution in [0.3, 0.4) is 0 Å². The molecule has 0 spiro atoms. The standard InChI is InChI=1S/C9H8ClN3OS/c1-2-7-6(5-14)8(10)13(12-7)9-11-3-4-15-9/h3-5H,2H2,1H3. The van der Waals surface area contributed by atoms with E-state index in [1.807, 2.05) is 12.3 Å². The molecule has 2 heterocycles. The third-order valence-corrected chi connectivity index (χ3v) is 3.10. The normalized spacial score (nSPS) is 10.5. The molecule has 0 radical (unpaired) electrons. The smallest absolute Gasteiger partial charge is 0.211 e. The number of carbonyl (C=O) groups excluding carboxylic acids is 1. The monoisotopic (exact) mass is 241 g/mol. The van der Waals surface area contributed by atoms with Crippen LogP contribution < -0.4 is 0 Å². The minimum Gasteiger partial charge on any atom is -0.298 e. The van der Waals surface area contributed by atoms with Gasteiger partial charge in [-0.2, -0.15) is 9.78 Å². The molecule has 0 aliphatic carbocycles. The lowest BCUT2D eigenvalue weighted by Crippen LogP contribution is -1.95. The number of rotatable bonds is 3. The van der Waals surface area contributed by atoms with E-state index in [1.165, 1.54) is 16.0 Å². The molecule has 78 valence electrons. The van der Waals surface area contributed by atoms with Crippen LogP contribution in [0.25, 0.3) is 5.13 Å². The number of thiazole rings is 1. The minimum atomic E-state index is 0.330. The van der Waals surface area contributed by atoms with Crippen LogP contribution in [-0.4, -0.2) is 21.1 Å². The van der Waals surface area contributed by atoms with Crippen molar-refractivity contribution in [3.8, 4) is 5.13 Å². The Morgan fingerprint density at radius 3 is 2.93 bits per heavy atom. The fourth-order valence-electron chi connectivity index (χ4n) is 1.28. The Kier molecular flexibility index (Phi) is 2.83. The molecule has 0 fully saturated rings. The van der Waals surface area contributed by atoms with Gasteiger partial charge < -0.3 is 0 Å². The summed E-state index contributed by atoms with van der Waals surface area (Å²) in [4.78, 5) is 14.9. The molecule has 0 aliphatic rings. The van der Waals surface area contributed by atoms with E-state index < -0.39 is 0 Å². The maximum atomic E-state index is 10.8. The van der Waals surface area contributed by atoms with Crippen molar-refractivity contribution >= 4 is 29.2 Å². The summed E-state index contributed by atoms with van der Waals surface area (Å²) in [6.45, 7) is 1.93. The van der Waals surface area contributed by atoms with Crippen molar-refractivity contribution in [2.45, 2.75) is 13.3 Å². The van der Waals surface area contributed by atoms with Gasteiger partial charge >= 0.3 is 0 Å². The van der Waals surface area contributed by atoms with Gasteiger partial charge in [0.25, 0.3) is 0 Å². The summed E-state index contributed by atoms with van der Waals surface area (Å²) in [6, 6.07) is 0. The van der Waals surface area contributed by atoms with Gasteiger partial charge in [-0.05, 0) is 6.42 Å². The lowest BCUT2D eigenvalue weighted by atomic mass is 10.2. The van der Waals surface area contributed by atoms with E-state index in [9.17, 15) is 4.79 Å². The summed E-state index contributed by atoms with van der Waals surface area (Å²) in [6.07, 6.45) is 3.08. The number of halogens is 1. The predicted octanol–water partition coefficient (Wildman–Crippen LogP) is 2.36. The summed E-state index contributed by atoms with van der Waals surface area (Å²) < 4.78 is 1.49. The highest BCUT2D eigenvalue weighted by atomic mass is 35.5. The van der Waals surface area contributed by atoms with Gasteiger partial charge in [-0.1, -0.05) is 18.5 Å². The molecule has 2 rings (SSSR count). The topological polar surface area (TPSA) is 47.8 Å². The second-order valence-corrected chi connectivity index (χ2v) is 4.08. The average molecular weight is 242 g/mol. The molecule has 0 aliphatic heterocycles. The van der Waals surface area contributed by atoms with Crippen LogP contribution in [0.1, 0.15) is 23.0 Å². The number of aromatic nitrogens is 3.